The predicted molar refractivity (Wildman–Crippen MR) is 103 cm³/mol. The van der Waals surface area contributed by atoms with Gasteiger partial charge in [0.25, 0.3) is 0 Å². The van der Waals surface area contributed by atoms with Crippen molar-refractivity contribution in [3.8, 4) is 11.4 Å². The Balaban J connectivity index is 1.50. The molecule has 4 N–H and O–H groups in total. The van der Waals surface area contributed by atoms with Gasteiger partial charge in [0, 0.05) is 19.6 Å². The van der Waals surface area contributed by atoms with E-state index in [2.05, 4.69) is 19.9 Å². The molecule has 0 atom stereocenters. The lowest BCUT2D eigenvalue weighted by Gasteiger charge is -2.26. The molecule has 3 aromatic rings. The van der Waals surface area contributed by atoms with Crippen LogP contribution in [0, 0.1) is 6.92 Å². The third kappa shape index (κ3) is 3.64. The van der Waals surface area contributed by atoms with Crippen molar-refractivity contribution >= 4 is 22.9 Å². The van der Waals surface area contributed by atoms with Crippen molar-refractivity contribution in [3.63, 3.8) is 0 Å². The summed E-state index contributed by atoms with van der Waals surface area (Å²) < 4.78 is 13.1. The van der Waals surface area contributed by atoms with Gasteiger partial charge in [-0.2, -0.15) is 9.97 Å². The van der Waals surface area contributed by atoms with Gasteiger partial charge in [-0.1, -0.05) is 0 Å². The van der Waals surface area contributed by atoms with Crippen molar-refractivity contribution in [1.29, 1.82) is 0 Å². The van der Waals surface area contributed by atoms with Crippen LogP contribution in [0.25, 0.3) is 16.9 Å². The molecule has 0 bridgehead atoms. The summed E-state index contributed by atoms with van der Waals surface area (Å²) in [5.74, 6) is 1.24. The van der Waals surface area contributed by atoms with Gasteiger partial charge >= 0.3 is 0 Å². The average Bonchev–Trinajstić information content (AvgIpc) is 3.07. The van der Waals surface area contributed by atoms with Crippen molar-refractivity contribution in [3.05, 3.63) is 30.1 Å². The highest BCUT2D eigenvalue weighted by molar-refractivity contribution is 5.84. The molecule has 9 nitrogen and oxygen atoms in total. The van der Waals surface area contributed by atoms with E-state index in [1.807, 2.05) is 29.7 Å². The second-order valence-corrected chi connectivity index (χ2v) is 6.50. The first-order valence-corrected chi connectivity index (χ1v) is 8.92. The van der Waals surface area contributed by atoms with Gasteiger partial charge in [-0.3, -0.25) is 9.47 Å². The van der Waals surface area contributed by atoms with Crippen LogP contribution in [0.2, 0.25) is 0 Å². The van der Waals surface area contributed by atoms with E-state index in [-0.39, 0.29) is 11.8 Å². The minimum Gasteiger partial charge on any atom is -0.492 e. The van der Waals surface area contributed by atoms with E-state index in [1.165, 1.54) is 0 Å². The number of nitrogen functional groups attached to an aromatic ring is 2. The fourth-order valence-electron chi connectivity index (χ4n) is 3.22. The summed E-state index contributed by atoms with van der Waals surface area (Å²) in [7, 11) is 0. The molecule has 2 aromatic heterocycles. The van der Waals surface area contributed by atoms with Crippen LogP contribution in [-0.2, 0) is 4.74 Å². The van der Waals surface area contributed by atoms with Gasteiger partial charge in [0.05, 0.1) is 18.9 Å². The van der Waals surface area contributed by atoms with E-state index < -0.39 is 0 Å². The third-order valence-electron chi connectivity index (χ3n) is 4.65. The fourth-order valence-corrected chi connectivity index (χ4v) is 3.22. The van der Waals surface area contributed by atoms with Gasteiger partial charge in [-0.25, -0.2) is 4.98 Å². The number of benzene rings is 1. The molecular formula is C18H23N7O2. The Hall–Kier alpha value is -2.91. The van der Waals surface area contributed by atoms with E-state index in [9.17, 15) is 0 Å². The molecule has 0 unspecified atom stereocenters. The highest BCUT2D eigenvalue weighted by atomic mass is 16.5. The number of morpholine rings is 1. The quantitative estimate of drug-likeness (QED) is 0.684. The smallest absolute Gasteiger partial charge is 0.224 e. The summed E-state index contributed by atoms with van der Waals surface area (Å²) in [4.78, 5) is 14.9. The first-order valence-electron chi connectivity index (χ1n) is 8.92. The third-order valence-corrected chi connectivity index (χ3v) is 4.65. The highest BCUT2D eigenvalue weighted by Gasteiger charge is 2.14. The molecule has 0 aliphatic carbocycles. The zero-order chi connectivity index (χ0) is 18.8. The topological polar surface area (TPSA) is 117 Å². The average molecular weight is 369 g/mol. The maximum absolute atomic E-state index is 5.91. The molecule has 1 aromatic carbocycles. The number of ether oxygens (including phenoxy) is 2. The van der Waals surface area contributed by atoms with Gasteiger partial charge in [0.1, 0.15) is 18.7 Å². The Kier molecular flexibility index (Phi) is 4.78. The Morgan fingerprint density at radius 1 is 1.19 bits per heavy atom. The second kappa shape index (κ2) is 7.37. The van der Waals surface area contributed by atoms with E-state index in [1.54, 1.807) is 6.33 Å². The normalized spacial score (nSPS) is 15.3. The maximum Gasteiger partial charge on any atom is 0.224 e. The van der Waals surface area contributed by atoms with Crippen LogP contribution in [0.1, 0.15) is 5.56 Å². The van der Waals surface area contributed by atoms with Crippen molar-refractivity contribution < 1.29 is 9.47 Å². The Morgan fingerprint density at radius 2 is 2.00 bits per heavy atom. The van der Waals surface area contributed by atoms with Crippen molar-refractivity contribution in [2.45, 2.75) is 6.92 Å². The van der Waals surface area contributed by atoms with Crippen LogP contribution in [-0.4, -0.2) is 63.9 Å². The minimum absolute atomic E-state index is 0.127. The number of nitrogens with two attached hydrogens (primary N) is 2. The van der Waals surface area contributed by atoms with Crippen LogP contribution < -0.4 is 16.2 Å². The second-order valence-electron chi connectivity index (χ2n) is 6.50. The van der Waals surface area contributed by atoms with E-state index in [4.69, 9.17) is 20.9 Å². The maximum atomic E-state index is 5.91. The van der Waals surface area contributed by atoms with Crippen LogP contribution in [0.15, 0.2) is 24.5 Å². The number of hydrogen-bond donors (Lipinski definition) is 2. The Labute approximate surface area is 156 Å². The van der Waals surface area contributed by atoms with Gasteiger partial charge in [0.2, 0.25) is 5.95 Å². The summed E-state index contributed by atoms with van der Waals surface area (Å²) >= 11 is 0. The summed E-state index contributed by atoms with van der Waals surface area (Å²) in [5.41, 5.74) is 14.7. The van der Waals surface area contributed by atoms with Crippen molar-refractivity contribution in [1.82, 2.24) is 24.4 Å². The molecule has 27 heavy (non-hydrogen) atoms. The van der Waals surface area contributed by atoms with Crippen molar-refractivity contribution in [2.75, 3.05) is 50.9 Å². The van der Waals surface area contributed by atoms with Crippen LogP contribution in [0.5, 0.6) is 5.75 Å². The monoisotopic (exact) mass is 369 g/mol. The fraction of sp³-hybridized carbons (Fsp3) is 0.389. The van der Waals surface area contributed by atoms with Crippen molar-refractivity contribution in [2.24, 2.45) is 0 Å². The largest absolute Gasteiger partial charge is 0.492 e. The van der Waals surface area contributed by atoms with E-state index >= 15 is 0 Å². The van der Waals surface area contributed by atoms with Crippen LogP contribution >= 0.6 is 0 Å². The summed E-state index contributed by atoms with van der Waals surface area (Å²) in [6.07, 6.45) is 1.68. The number of nitrogens with zero attached hydrogens (tertiary/aromatic N) is 5. The van der Waals surface area contributed by atoms with Gasteiger partial charge in [-0.15, -0.1) is 0 Å². The van der Waals surface area contributed by atoms with Gasteiger partial charge in [0.15, 0.2) is 17.0 Å². The lowest BCUT2D eigenvalue weighted by atomic mass is 10.2. The Bertz CT molecular complexity index is 950. The molecule has 142 valence electrons. The van der Waals surface area contributed by atoms with E-state index in [0.717, 1.165) is 49.8 Å². The van der Waals surface area contributed by atoms with Crippen LogP contribution in [0.4, 0.5) is 11.8 Å². The number of aryl methyl sites for hydroxylation is 1. The number of fused-ring (bicyclic) bond motifs is 1. The molecule has 9 heteroatoms. The molecule has 0 spiro atoms. The molecule has 0 amide bonds. The zero-order valence-electron chi connectivity index (χ0n) is 15.3. The molecule has 0 saturated carbocycles. The molecule has 3 heterocycles. The number of rotatable bonds is 5. The number of imidazole rings is 1. The lowest BCUT2D eigenvalue weighted by molar-refractivity contribution is 0.0322. The molecule has 0 radical (unpaired) electrons. The van der Waals surface area contributed by atoms with Gasteiger partial charge < -0.3 is 20.9 Å². The first-order chi connectivity index (χ1) is 13.1. The molecule has 1 aliphatic rings. The number of hydrogen-bond acceptors (Lipinski definition) is 8. The number of aromatic nitrogens is 4. The lowest BCUT2D eigenvalue weighted by Crippen LogP contribution is -2.38. The minimum atomic E-state index is 0.127. The first kappa shape index (κ1) is 17.5. The van der Waals surface area contributed by atoms with E-state index in [0.29, 0.717) is 17.8 Å². The highest BCUT2D eigenvalue weighted by Crippen LogP contribution is 2.25. The summed E-state index contributed by atoms with van der Waals surface area (Å²) in [6.45, 7) is 7.07. The predicted octanol–water partition coefficient (Wildman–Crippen LogP) is 0.999. The standard InChI is InChI=1S/C18H23N7O2/c1-12-10-13(27-9-6-24-4-7-26-8-5-24)2-3-14(12)25-11-21-15-16(19)22-18(20)23-17(15)25/h2-3,10-11H,4-9H2,1H3,(H4,19,20,22,23). The van der Waals surface area contributed by atoms with Crippen LogP contribution in [0.3, 0.4) is 0 Å². The zero-order valence-corrected chi connectivity index (χ0v) is 15.3. The molecule has 4 rings (SSSR count). The molecular weight excluding hydrogens is 346 g/mol. The number of anilines is 2. The summed E-state index contributed by atoms with van der Waals surface area (Å²) in [5, 5.41) is 0. The molecule has 1 aliphatic heterocycles. The SMILES string of the molecule is Cc1cc(OCCN2CCOCC2)ccc1-n1cnc2c(N)nc(N)nc21. The Morgan fingerprint density at radius 3 is 2.78 bits per heavy atom. The molecule has 1 saturated heterocycles. The summed E-state index contributed by atoms with van der Waals surface area (Å²) in [6, 6.07) is 5.94. The van der Waals surface area contributed by atoms with Gasteiger partial charge in [-0.05, 0) is 30.7 Å². The molecule has 1 fully saturated rings.